The molecule has 1 heterocycles. The summed E-state index contributed by atoms with van der Waals surface area (Å²) in [5, 5.41) is 0. The Balaban J connectivity index is 1.78. The number of rotatable bonds is 7. The number of nitrogens with two attached hydrogens (primary N) is 1. The van der Waals surface area contributed by atoms with Crippen LogP contribution in [0.1, 0.15) is 5.56 Å². The second kappa shape index (κ2) is 7.47. The van der Waals surface area contributed by atoms with Crippen LogP contribution >= 0.6 is 0 Å². The van der Waals surface area contributed by atoms with Crippen molar-refractivity contribution in [1.29, 1.82) is 0 Å². The van der Waals surface area contributed by atoms with E-state index < -0.39 is 0 Å². The summed E-state index contributed by atoms with van der Waals surface area (Å²) in [5.41, 5.74) is 1.02. The third kappa shape index (κ3) is 4.22. The van der Waals surface area contributed by atoms with Gasteiger partial charge in [0.15, 0.2) is 0 Å². The smallest absolute Gasteiger partial charge is 0.128 e. The molecule has 0 saturated heterocycles. The lowest BCUT2D eigenvalue weighted by Crippen LogP contribution is -2.24. The Hall–Kier alpha value is -2.11. The predicted molar refractivity (Wildman–Crippen MR) is 78.4 cm³/mol. The summed E-state index contributed by atoms with van der Waals surface area (Å²) in [4.78, 5) is 10.9. The molecule has 0 saturated carbocycles. The molecule has 2 aromatic rings. The van der Waals surface area contributed by atoms with E-state index in [1.165, 1.54) is 0 Å². The molecule has 0 atom stereocenters. The van der Waals surface area contributed by atoms with E-state index in [2.05, 4.69) is 14.7 Å². The summed E-state index contributed by atoms with van der Waals surface area (Å²) in [5.74, 6) is 6.79. The van der Waals surface area contributed by atoms with E-state index in [1.807, 2.05) is 49.5 Å². The van der Waals surface area contributed by atoms with Gasteiger partial charge in [-0.2, -0.15) is 0 Å². The number of nitrogens with zero attached hydrogens (tertiary/aromatic N) is 2. The van der Waals surface area contributed by atoms with Crippen molar-refractivity contribution in [3.05, 3.63) is 54.2 Å². The van der Waals surface area contributed by atoms with E-state index in [0.717, 1.165) is 23.7 Å². The molecule has 0 amide bonds. The van der Waals surface area contributed by atoms with Crippen molar-refractivity contribution in [3.63, 3.8) is 0 Å². The molecule has 5 nitrogen and oxygen atoms in total. The molecule has 106 valence electrons. The van der Waals surface area contributed by atoms with Crippen LogP contribution in [0.5, 0.6) is 5.75 Å². The van der Waals surface area contributed by atoms with E-state index in [-0.39, 0.29) is 0 Å². The topological polar surface area (TPSA) is 60.6 Å². The lowest BCUT2D eigenvalue weighted by Gasteiger charge is -2.18. The minimum atomic E-state index is 0.405. The van der Waals surface area contributed by atoms with Crippen molar-refractivity contribution >= 4 is 5.82 Å². The second-order valence-electron chi connectivity index (χ2n) is 4.41. The molecule has 2 rings (SSSR count). The lowest BCUT2D eigenvalue weighted by molar-refractivity contribution is 0.124. The summed E-state index contributed by atoms with van der Waals surface area (Å²) in [6, 6.07) is 13.5. The molecule has 20 heavy (non-hydrogen) atoms. The van der Waals surface area contributed by atoms with Crippen LogP contribution in [0.4, 0.5) is 5.82 Å². The number of hydrogen-bond acceptors (Lipinski definition) is 5. The summed E-state index contributed by atoms with van der Waals surface area (Å²) < 4.78 is 5.69. The summed E-state index contributed by atoms with van der Waals surface area (Å²) in [6.07, 6.45) is 1.78. The van der Waals surface area contributed by atoms with Crippen LogP contribution in [-0.4, -0.2) is 25.2 Å². The molecular weight excluding hydrogens is 254 g/mol. The molecule has 0 radical (unpaired) electrons. The van der Waals surface area contributed by atoms with Crippen LogP contribution in [-0.2, 0) is 11.4 Å². The molecule has 0 spiro atoms. The molecule has 2 N–H and O–H groups in total. The van der Waals surface area contributed by atoms with Gasteiger partial charge in [0.05, 0.1) is 13.2 Å². The number of likely N-dealkylation sites (N-methyl/N-ethyl adjacent to an activating group) is 1. The van der Waals surface area contributed by atoms with Gasteiger partial charge in [0.2, 0.25) is 0 Å². The Kier molecular flexibility index (Phi) is 5.34. The van der Waals surface area contributed by atoms with Gasteiger partial charge in [-0.1, -0.05) is 18.2 Å². The van der Waals surface area contributed by atoms with E-state index >= 15 is 0 Å². The Labute approximate surface area is 118 Å². The van der Waals surface area contributed by atoms with Crippen LogP contribution < -0.4 is 15.5 Å². The van der Waals surface area contributed by atoms with Gasteiger partial charge in [-0.3, -0.25) is 4.84 Å². The standard InChI is InChI=1S/C15H19N3O2/c1-18(15-4-2-3-9-17-15)10-11-19-14-7-5-13(6-8-14)12-20-16/h2-9H,10-12,16H2,1H3. The van der Waals surface area contributed by atoms with Crippen molar-refractivity contribution in [1.82, 2.24) is 4.98 Å². The van der Waals surface area contributed by atoms with Crippen LogP contribution in [0.15, 0.2) is 48.7 Å². The van der Waals surface area contributed by atoms with Crippen LogP contribution in [0.2, 0.25) is 0 Å². The molecule has 0 fully saturated rings. The van der Waals surface area contributed by atoms with E-state index in [4.69, 9.17) is 10.6 Å². The normalized spacial score (nSPS) is 10.3. The summed E-state index contributed by atoms with van der Waals surface area (Å²) in [6.45, 7) is 1.77. The number of pyridine rings is 1. The highest BCUT2D eigenvalue weighted by Crippen LogP contribution is 2.13. The zero-order chi connectivity index (χ0) is 14.2. The van der Waals surface area contributed by atoms with E-state index in [9.17, 15) is 0 Å². The number of aromatic nitrogens is 1. The van der Waals surface area contributed by atoms with Crippen molar-refractivity contribution in [2.45, 2.75) is 6.61 Å². The van der Waals surface area contributed by atoms with Gasteiger partial charge >= 0.3 is 0 Å². The number of benzene rings is 1. The highest BCUT2D eigenvalue weighted by Gasteiger charge is 2.01. The van der Waals surface area contributed by atoms with E-state index in [0.29, 0.717) is 13.2 Å². The molecule has 5 heteroatoms. The first-order valence-corrected chi connectivity index (χ1v) is 6.45. The maximum Gasteiger partial charge on any atom is 0.128 e. The Morgan fingerprint density at radius 2 is 1.95 bits per heavy atom. The maximum atomic E-state index is 5.69. The summed E-state index contributed by atoms with van der Waals surface area (Å²) in [7, 11) is 1.99. The molecule has 0 aliphatic rings. The number of anilines is 1. The van der Waals surface area contributed by atoms with Gasteiger partial charge in [-0.05, 0) is 29.8 Å². The van der Waals surface area contributed by atoms with Gasteiger partial charge < -0.3 is 9.64 Å². The third-order valence-electron chi connectivity index (χ3n) is 2.91. The minimum Gasteiger partial charge on any atom is -0.492 e. The highest BCUT2D eigenvalue weighted by molar-refractivity contribution is 5.36. The van der Waals surface area contributed by atoms with E-state index in [1.54, 1.807) is 6.20 Å². The summed E-state index contributed by atoms with van der Waals surface area (Å²) >= 11 is 0. The number of ether oxygens (including phenoxy) is 1. The maximum absolute atomic E-state index is 5.69. The fraction of sp³-hybridized carbons (Fsp3) is 0.267. The first kappa shape index (κ1) is 14.3. The van der Waals surface area contributed by atoms with Gasteiger partial charge in [-0.15, -0.1) is 0 Å². The number of hydrogen-bond donors (Lipinski definition) is 1. The zero-order valence-corrected chi connectivity index (χ0v) is 11.5. The molecular formula is C15H19N3O2. The fourth-order valence-electron chi connectivity index (χ4n) is 1.77. The molecule has 1 aromatic heterocycles. The SMILES string of the molecule is CN(CCOc1ccc(CON)cc1)c1ccccn1. The third-order valence-corrected chi connectivity index (χ3v) is 2.91. The van der Waals surface area contributed by atoms with Crippen molar-refractivity contribution in [2.24, 2.45) is 5.90 Å². The first-order chi connectivity index (χ1) is 9.79. The molecule has 0 bridgehead atoms. The molecule has 0 aliphatic carbocycles. The van der Waals surface area contributed by atoms with Crippen molar-refractivity contribution < 1.29 is 9.57 Å². The van der Waals surface area contributed by atoms with Gasteiger partial charge in [0, 0.05) is 13.2 Å². The van der Waals surface area contributed by atoms with Crippen molar-refractivity contribution in [3.8, 4) is 5.75 Å². The van der Waals surface area contributed by atoms with Crippen LogP contribution in [0, 0.1) is 0 Å². The fourth-order valence-corrected chi connectivity index (χ4v) is 1.77. The monoisotopic (exact) mass is 273 g/mol. The minimum absolute atomic E-state index is 0.405. The Morgan fingerprint density at radius 1 is 1.15 bits per heavy atom. The average molecular weight is 273 g/mol. The highest BCUT2D eigenvalue weighted by atomic mass is 16.6. The van der Waals surface area contributed by atoms with Crippen molar-refractivity contribution in [2.75, 3.05) is 25.1 Å². The van der Waals surface area contributed by atoms with Gasteiger partial charge in [0.1, 0.15) is 18.2 Å². The predicted octanol–water partition coefficient (Wildman–Crippen LogP) is 1.99. The quantitative estimate of drug-likeness (QED) is 0.782. The van der Waals surface area contributed by atoms with Crippen LogP contribution in [0.25, 0.3) is 0 Å². The Morgan fingerprint density at radius 3 is 2.60 bits per heavy atom. The van der Waals surface area contributed by atoms with Crippen LogP contribution in [0.3, 0.4) is 0 Å². The van der Waals surface area contributed by atoms with Gasteiger partial charge in [-0.25, -0.2) is 10.9 Å². The molecule has 0 unspecified atom stereocenters. The van der Waals surface area contributed by atoms with Gasteiger partial charge in [0.25, 0.3) is 0 Å². The average Bonchev–Trinajstić information content (AvgIpc) is 2.50. The lowest BCUT2D eigenvalue weighted by atomic mass is 10.2. The molecule has 0 aliphatic heterocycles. The molecule has 1 aromatic carbocycles. The Bertz CT molecular complexity index is 502. The zero-order valence-electron chi connectivity index (χ0n) is 11.5. The second-order valence-corrected chi connectivity index (χ2v) is 4.41. The largest absolute Gasteiger partial charge is 0.492 e. The first-order valence-electron chi connectivity index (χ1n) is 6.45.